The average Bonchev–Trinajstić information content (AvgIpc) is 1.65. The van der Waals surface area contributed by atoms with Crippen LogP contribution in [0.4, 0.5) is 0 Å². The molecule has 0 radical (unpaired) electrons. The summed E-state index contributed by atoms with van der Waals surface area (Å²) in [6.07, 6.45) is -1.25. The van der Waals surface area contributed by atoms with E-state index in [0.29, 0.717) is 0 Å². The summed E-state index contributed by atoms with van der Waals surface area (Å²) in [5, 5.41) is 16.8. The van der Waals surface area contributed by atoms with Crippen molar-refractivity contribution in [3.05, 3.63) is 0 Å². The Morgan fingerprint density at radius 3 is 2.00 bits per heavy atom. The molecule has 0 saturated carbocycles. The molecule has 0 fully saturated rings. The van der Waals surface area contributed by atoms with Gasteiger partial charge in [-0.2, -0.15) is 0 Å². The van der Waals surface area contributed by atoms with Gasteiger partial charge in [-0.3, -0.25) is 0 Å². The van der Waals surface area contributed by atoms with E-state index in [4.69, 9.17) is 21.7 Å². The van der Waals surface area contributed by atoms with Crippen LogP contribution in [0.5, 0.6) is 0 Å². The first-order chi connectivity index (χ1) is 3.89. The third-order valence-electron chi connectivity index (χ3n) is 1.06. The number of nitrogens with two attached hydrogens (primary N) is 2. The third kappa shape index (κ3) is 1.63. The fraction of sp³-hybridized carbons (Fsp3) is 0.750. The van der Waals surface area contributed by atoms with Gasteiger partial charge in [0.05, 0.1) is 6.10 Å². The van der Waals surface area contributed by atoms with Crippen LogP contribution in [0, 0.1) is 0 Å². The van der Waals surface area contributed by atoms with Crippen molar-refractivity contribution in [3.63, 3.8) is 0 Å². The Balaban J connectivity index is 4.19. The lowest BCUT2D eigenvalue weighted by atomic mass is 10.1. The molecule has 0 aliphatic rings. The Morgan fingerprint density at radius 1 is 1.67 bits per heavy atom. The number of hydrogen-bond acceptors (Lipinski definition) is 4. The molecule has 0 aliphatic heterocycles. The van der Waals surface area contributed by atoms with E-state index in [9.17, 15) is 4.79 Å². The lowest BCUT2D eigenvalue weighted by Gasteiger charge is -2.21. The lowest BCUT2D eigenvalue weighted by Crippen LogP contribution is -2.63. The molecule has 0 rings (SSSR count). The van der Waals surface area contributed by atoms with Crippen LogP contribution in [-0.4, -0.2) is 27.9 Å². The van der Waals surface area contributed by atoms with E-state index in [-0.39, 0.29) is 0 Å². The van der Waals surface area contributed by atoms with Gasteiger partial charge in [0.2, 0.25) is 0 Å². The van der Waals surface area contributed by atoms with Gasteiger partial charge < -0.3 is 21.7 Å². The second-order valence-electron chi connectivity index (χ2n) is 1.91. The predicted octanol–water partition coefficient (Wildman–Crippen LogP) is -1.93. The molecule has 0 heterocycles. The van der Waals surface area contributed by atoms with Crippen molar-refractivity contribution < 1.29 is 15.0 Å². The van der Waals surface area contributed by atoms with E-state index in [0.717, 1.165) is 0 Å². The Bertz CT molecular complexity index is 121. The number of carboxylic acid groups (broad SMARTS) is 1. The standard InChI is InChI=1S/C4H10N2O3/c1-2(7)4(5,6)3(8)9/h2,7H,5-6H2,1H3,(H,8,9). The molecular weight excluding hydrogens is 124 g/mol. The number of aliphatic hydroxyl groups is 1. The second-order valence-corrected chi connectivity index (χ2v) is 1.91. The first kappa shape index (κ1) is 8.35. The number of aliphatic hydroxyl groups excluding tert-OH is 1. The number of hydrogen-bond donors (Lipinski definition) is 4. The highest BCUT2D eigenvalue weighted by atomic mass is 16.4. The summed E-state index contributed by atoms with van der Waals surface area (Å²) >= 11 is 0. The molecule has 1 atom stereocenters. The van der Waals surface area contributed by atoms with E-state index in [2.05, 4.69) is 0 Å². The highest BCUT2D eigenvalue weighted by Gasteiger charge is 2.34. The molecule has 0 aromatic carbocycles. The van der Waals surface area contributed by atoms with Crippen LogP contribution in [0.25, 0.3) is 0 Å². The molecule has 0 amide bonds. The van der Waals surface area contributed by atoms with E-state index >= 15 is 0 Å². The summed E-state index contributed by atoms with van der Waals surface area (Å²) in [4.78, 5) is 10.1. The summed E-state index contributed by atoms with van der Waals surface area (Å²) in [7, 11) is 0. The molecule has 9 heavy (non-hydrogen) atoms. The summed E-state index contributed by atoms with van der Waals surface area (Å²) < 4.78 is 0. The number of rotatable bonds is 2. The minimum atomic E-state index is -2.03. The van der Waals surface area contributed by atoms with E-state index < -0.39 is 17.7 Å². The molecule has 0 spiro atoms. The van der Waals surface area contributed by atoms with Gasteiger partial charge in [0.1, 0.15) is 0 Å². The Labute approximate surface area is 52.3 Å². The van der Waals surface area contributed by atoms with Gasteiger partial charge in [0.25, 0.3) is 0 Å². The Kier molecular flexibility index (Phi) is 2.13. The second kappa shape index (κ2) is 2.30. The van der Waals surface area contributed by atoms with Crippen LogP contribution >= 0.6 is 0 Å². The zero-order valence-electron chi connectivity index (χ0n) is 5.03. The van der Waals surface area contributed by atoms with Gasteiger partial charge in [0.15, 0.2) is 5.66 Å². The monoisotopic (exact) mass is 134 g/mol. The fourth-order valence-corrected chi connectivity index (χ4v) is 0.179. The molecule has 0 aliphatic carbocycles. The average molecular weight is 134 g/mol. The van der Waals surface area contributed by atoms with Crippen molar-refractivity contribution in [1.82, 2.24) is 0 Å². The molecular formula is C4H10N2O3. The van der Waals surface area contributed by atoms with Crippen molar-refractivity contribution in [2.75, 3.05) is 0 Å². The normalized spacial score (nSPS) is 15.1. The Hall–Kier alpha value is -0.650. The maximum Gasteiger partial charge on any atom is 0.341 e. The van der Waals surface area contributed by atoms with E-state index in [1.54, 1.807) is 0 Å². The quantitative estimate of drug-likeness (QED) is 0.329. The van der Waals surface area contributed by atoms with Gasteiger partial charge in [-0.1, -0.05) is 0 Å². The molecule has 5 heteroatoms. The van der Waals surface area contributed by atoms with Crippen LogP contribution in [-0.2, 0) is 4.79 Å². The zero-order valence-corrected chi connectivity index (χ0v) is 5.03. The largest absolute Gasteiger partial charge is 0.479 e. The molecule has 0 bridgehead atoms. The Morgan fingerprint density at radius 2 is 2.00 bits per heavy atom. The molecule has 6 N–H and O–H groups in total. The SMILES string of the molecule is CC(O)C(N)(N)C(=O)O. The molecule has 0 aromatic rings. The topological polar surface area (TPSA) is 110 Å². The summed E-state index contributed by atoms with van der Waals surface area (Å²) in [6, 6.07) is 0. The molecule has 0 aromatic heterocycles. The fourth-order valence-electron chi connectivity index (χ4n) is 0.179. The van der Waals surface area contributed by atoms with Crippen molar-refractivity contribution in [3.8, 4) is 0 Å². The van der Waals surface area contributed by atoms with Crippen molar-refractivity contribution >= 4 is 5.97 Å². The van der Waals surface area contributed by atoms with Crippen LogP contribution in [0.1, 0.15) is 6.92 Å². The smallest absolute Gasteiger partial charge is 0.341 e. The highest BCUT2D eigenvalue weighted by molar-refractivity contribution is 5.78. The molecule has 1 unspecified atom stereocenters. The van der Waals surface area contributed by atoms with Crippen LogP contribution in [0.2, 0.25) is 0 Å². The first-order valence-electron chi connectivity index (χ1n) is 2.38. The third-order valence-corrected chi connectivity index (χ3v) is 1.06. The zero-order chi connectivity index (χ0) is 7.65. The van der Waals surface area contributed by atoms with E-state index in [1.165, 1.54) is 6.92 Å². The van der Waals surface area contributed by atoms with Crippen molar-refractivity contribution in [2.24, 2.45) is 11.5 Å². The predicted molar refractivity (Wildman–Crippen MR) is 30.4 cm³/mol. The highest BCUT2D eigenvalue weighted by Crippen LogP contribution is 1.97. The van der Waals surface area contributed by atoms with E-state index in [1.807, 2.05) is 0 Å². The van der Waals surface area contributed by atoms with Crippen molar-refractivity contribution in [2.45, 2.75) is 18.7 Å². The molecule has 5 nitrogen and oxygen atoms in total. The number of carbonyl (C=O) groups is 1. The summed E-state index contributed by atoms with van der Waals surface area (Å²) in [6.45, 7) is 1.22. The van der Waals surface area contributed by atoms with Gasteiger partial charge in [-0.05, 0) is 6.92 Å². The minimum absolute atomic E-state index is 1.22. The summed E-state index contributed by atoms with van der Waals surface area (Å²) in [5.41, 5.74) is 7.83. The number of aliphatic carboxylic acids is 1. The van der Waals surface area contributed by atoms with Gasteiger partial charge in [-0.25, -0.2) is 4.79 Å². The van der Waals surface area contributed by atoms with Gasteiger partial charge in [0, 0.05) is 0 Å². The van der Waals surface area contributed by atoms with Crippen LogP contribution in [0.15, 0.2) is 0 Å². The maximum atomic E-state index is 10.1. The number of carboxylic acids is 1. The minimum Gasteiger partial charge on any atom is -0.479 e. The van der Waals surface area contributed by atoms with Crippen LogP contribution in [0.3, 0.4) is 0 Å². The first-order valence-corrected chi connectivity index (χ1v) is 2.38. The van der Waals surface area contributed by atoms with Crippen LogP contribution < -0.4 is 11.5 Å². The molecule has 0 saturated heterocycles. The molecule has 54 valence electrons. The summed E-state index contributed by atoms with van der Waals surface area (Å²) in [5.74, 6) is -1.42. The van der Waals surface area contributed by atoms with Gasteiger partial charge >= 0.3 is 5.97 Å². The van der Waals surface area contributed by atoms with Gasteiger partial charge in [-0.15, -0.1) is 0 Å². The maximum absolute atomic E-state index is 10.1. The lowest BCUT2D eigenvalue weighted by molar-refractivity contribution is -0.147. The van der Waals surface area contributed by atoms with Crippen molar-refractivity contribution in [1.29, 1.82) is 0 Å².